The van der Waals surface area contributed by atoms with Crippen LogP contribution in [0.15, 0.2) is 53.4 Å². The number of carbonyl (C=O) groups excluding carboxylic acids is 2. The average molecular weight is 460 g/mol. The van der Waals surface area contributed by atoms with Gasteiger partial charge in [0.05, 0.1) is 15.1 Å². The molecule has 1 aliphatic rings. The molecule has 1 aromatic heterocycles. The lowest BCUT2D eigenvalue weighted by Gasteiger charge is -2.13. The van der Waals surface area contributed by atoms with Gasteiger partial charge in [0.15, 0.2) is 5.13 Å². The number of thioether (sulfide) groups is 1. The zero-order chi connectivity index (χ0) is 20.4. The van der Waals surface area contributed by atoms with E-state index in [9.17, 15) is 9.59 Å². The lowest BCUT2D eigenvalue weighted by atomic mass is 10.2. The number of aromatic nitrogens is 1. The molecule has 5 nitrogen and oxygen atoms in total. The van der Waals surface area contributed by atoms with Gasteiger partial charge in [-0.25, -0.2) is 4.98 Å². The zero-order valence-electron chi connectivity index (χ0n) is 14.9. The number of thiazole rings is 1. The molecular formula is C20H14ClN3O2S3. The Morgan fingerprint density at radius 3 is 2.76 bits per heavy atom. The molecule has 9 heteroatoms. The van der Waals surface area contributed by atoms with E-state index in [1.807, 2.05) is 42.5 Å². The summed E-state index contributed by atoms with van der Waals surface area (Å²) in [6.07, 6.45) is 1.85. The van der Waals surface area contributed by atoms with E-state index < -0.39 is 0 Å². The molecule has 3 aromatic rings. The summed E-state index contributed by atoms with van der Waals surface area (Å²) < 4.78 is 1.44. The predicted molar refractivity (Wildman–Crippen MR) is 124 cm³/mol. The van der Waals surface area contributed by atoms with Crippen LogP contribution in [0.4, 0.5) is 5.13 Å². The number of nitrogens with one attached hydrogen (secondary N) is 1. The molecule has 1 aliphatic heterocycles. The van der Waals surface area contributed by atoms with E-state index in [1.165, 1.54) is 28.0 Å². The molecular weight excluding hydrogens is 446 g/mol. The maximum atomic E-state index is 12.7. The van der Waals surface area contributed by atoms with Gasteiger partial charge >= 0.3 is 0 Å². The van der Waals surface area contributed by atoms with Crippen molar-refractivity contribution in [1.82, 2.24) is 9.88 Å². The van der Waals surface area contributed by atoms with Crippen molar-refractivity contribution in [2.45, 2.75) is 6.42 Å². The highest BCUT2D eigenvalue weighted by molar-refractivity contribution is 8.26. The Morgan fingerprint density at radius 1 is 1.21 bits per heavy atom. The number of carbonyl (C=O) groups is 2. The molecule has 2 aromatic carbocycles. The lowest BCUT2D eigenvalue weighted by Crippen LogP contribution is -2.31. The van der Waals surface area contributed by atoms with E-state index >= 15 is 0 Å². The number of fused-ring (bicyclic) bond motifs is 1. The average Bonchev–Trinajstić information content (AvgIpc) is 3.22. The number of rotatable bonds is 5. The minimum atomic E-state index is -0.215. The fraction of sp³-hybridized carbons (Fsp3) is 0.100. The summed E-state index contributed by atoms with van der Waals surface area (Å²) in [5.41, 5.74) is 1.60. The molecule has 0 bridgehead atoms. The molecule has 0 aliphatic carbocycles. The number of halogens is 1. The number of hydrogen-bond acceptors (Lipinski definition) is 6. The van der Waals surface area contributed by atoms with Crippen molar-refractivity contribution in [3.63, 3.8) is 0 Å². The molecule has 1 N–H and O–H groups in total. The van der Waals surface area contributed by atoms with Crippen molar-refractivity contribution >= 4 is 84.5 Å². The SMILES string of the molecule is O=C(CCN1C(=O)/C(=C/c2ccccc2Cl)SC1=S)Nc1nc2ccccc2s1. The standard InChI is InChI=1S/C20H14ClN3O2S3/c21-13-6-2-1-5-12(13)11-16-18(26)24(20(27)29-16)10-9-17(25)23-19-22-14-7-3-4-8-15(14)28-19/h1-8,11H,9-10H2,(H,22,23,25)/b16-11-. The second-order valence-corrected chi connectivity index (χ2v) is 9.25. The second-order valence-electron chi connectivity index (χ2n) is 6.14. The van der Waals surface area contributed by atoms with Gasteiger partial charge in [0, 0.05) is 18.0 Å². The van der Waals surface area contributed by atoms with Crippen molar-refractivity contribution in [1.29, 1.82) is 0 Å². The normalized spacial score (nSPS) is 15.5. The third-order valence-corrected chi connectivity index (χ3v) is 6.84. The number of anilines is 1. The van der Waals surface area contributed by atoms with E-state index in [2.05, 4.69) is 10.3 Å². The number of nitrogens with zero attached hydrogens (tertiary/aromatic N) is 2. The van der Waals surface area contributed by atoms with Gasteiger partial charge in [-0.15, -0.1) is 0 Å². The Bertz CT molecular complexity index is 1130. The molecule has 0 spiro atoms. The number of amides is 2. The van der Waals surface area contributed by atoms with Crippen molar-refractivity contribution in [3.8, 4) is 0 Å². The van der Waals surface area contributed by atoms with Crippen molar-refractivity contribution in [2.24, 2.45) is 0 Å². The van der Waals surface area contributed by atoms with Gasteiger partial charge in [-0.2, -0.15) is 0 Å². The second kappa shape index (κ2) is 8.62. The maximum Gasteiger partial charge on any atom is 0.266 e. The number of benzene rings is 2. The predicted octanol–water partition coefficient (Wildman–Crippen LogP) is 5.18. The number of para-hydroxylation sites is 1. The Labute approximate surface area is 185 Å². The van der Waals surface area contributed by atoms with Crippen molar-refractivity contribution in [2.75, 3.05) is 11.9 Å². The van der Waals surface area contributed by atoms with E-state index in [4.69, 9.17) is 23.8 Å². The summed E-state index contributed by atoms with van der Waals surface area (Å²) >= 11 is 14.1. The summed E-state index contributed by atoms with van der Waals surface area (Å²) in [5.74, 6) is -0.430. The first-order chi connectivity index (χ1) is 14.0. The fourth-order valence-corrected chi connectivity index (χ4v) is 5.12. The highest BCUT2D eigenvalue weighted by Gasteiger charge is 2.32. The van der Waals surface area contributed by atoms with Crippen LogP contribution in [0.2, 0.25) is 5.02 Å². The zero-order valence-corrected chi connectivity index (χ0v) is 18.1. The molecule has 0 radical (unpaired) electrons. The quantitative estimate of drug-likeness (QED) is 0.420. The molecule has 146 valence electrons. The Balaban J connectivity index is 1.39. The largest absolute Gasteiger partial charge is 0.302 e. The highest BCUT2D eigenvalue weighted by Crippen LogP contribution is 2.34. The fourth-order valence-electron chi connectivity index (χ4n) is 2.75. The van der Waals surface area contributed by atoms with Gasteiger partial charge < -0.3 is 5.32 Å². The summed E-state index contributed by atoms with van der Waals surface area (Å²) in [5, 5.41) is 3.90. The lowest BCUT2D eigenvalue weighted by molar-refractivity contribution is -0.122. The summed E-state index contributed by atoms with van der Waals surface area (Å²) in [4.78, 5) is 31.3. The van der Waals surface area contributed by atoms with Crippen LogP contribution in [-0.2, 0) is 9.59 Å². The van der Waals surface area contributed by atoms with Crippen LogP contribution < -0.4 is 5.32 Å². The monoisotopic (exact) mass is 459 g/mol. The summed E-state index contributed by atoms with van der Waals surface area (Å²) in [6.45, 7) is 0.210. The Morgan fingerprint density at radius 2 is 1.97 bits per heavy atom. The van der Waals surface area contributed by atoms with E-state index in [1.54, 1.807) is 12.1 Å². The van der Waals surface area contributed by atoms with Gasteiger partial charge in [0.1, 0.15) is 4.32 Å². The van der Waals surface area contributed by atoms with Gasteiger partial charge in [-0.05, 0) is 29.8 Å². The van der Waals surface area contributed by atoms with Gasteiger partial charge in [-0.3, -0.25) is 14.5 Å². The van der Waals surface area contributed by atoms with E-state index in [0.29, 0.717) is 19.4 Å². The van der Waals surface area contributed by atoms with Gasteiger partial charge in [0.25, 0.3) is 5.91 Å². The molecule has 2 amide bonds. The molecule has 1 saturated heterocycles. The first-order valence-corrected chi connectivity index (χ1v) is 11.1. The highest BCUT2D eigenvalue weighted by atomic mass is 35.5. The molecule has 2 heterocycles. The van der Waals surface area contributed by atoms with Crippen LogP contribution in [0.25, 0.3) is 16.3 Å². The molecule has 0 saturated carbocycles. The molecule has 1 fully saturated rings. The molecule has 0 unspecified atom stereocenters. The van der Waals surface area contributed by atoms with Gasteiger partial charge in [-0.1, -0.05) is 77.2 Å². The first-order valence-electron chi connectivity index (χ1n) is 8.66. The molecule has 0 atom stereocenters. The minimum Gasteiger partial charge on any atom is -0.302 e. The topological polar surface area (TPSA) is 62.3 Å². The number of hydrogen-bond donors (Lipinski definition) is 1. The smallest absolute Gasteiger partial charge is 0.266 e. The van der Waals surface area contributed by atoms with Crippen LogP contribution in [0.5, 0.6) is 0 Å². The molecule has 4 rings (SSSR count). The third-order valence-electron chi connectivity index (χ3n) is 4.17. The first kappa shape index (κ1) is 20.0. The van der Waals surface area contributed by atoms with Crippen LogP contribution in [0, 0.1) is 0 Å². The Hall–Kier alpha value is -2.26. The minimum absolute atomic E-state index is 0.127. The summed E-state index contributed by atoms with van der Waals surface area (Å²) in [7, 11) is 0. The van der Waals surface area contributed by atoms with E-state index in [0.717, 1.165) is 15.8 Å². The number of thiocarbonyl (C=S) groups is 1. The van der Waals surface area contributed by atoms with Crippen LogP contribution >= 0.6 is 46.9 Å². The van der Waals surface area contributed by atoms with E-state index in [-0.39, 0.29) is 24.8 Å². The van der Waals surface area contributed by atoms with Crippen molar-refractivity contribution in [3.05, 3.63) is 64.0 Å². The molecule has 29 heavy (non-hydrogen) atoms. The van der Waals surface area contributed by atoms with Crippen LogP contribution in [0.1, 0.15) is 12.0 Å². The maximum absolute atomic E-state index is 12.7. The van der Waals surface area contributed by atoms with Crippen LogP contribution in [-0.4, -0.2) is 32.6 Å². The summed E-state index contributed by atoms with van der Waals surface area (Å²) in [6, 6.07) is 15.0. The van der Waals surface area contributed by atoms with Crippen LogP contribution in [0.3, 0.4) is 0 Å². The van der Waals surface area contributed by atoms with Crippen molar-refractivity contribution < 1.29 is 9.59 Å². The third kappa shape index (κ3) is 4.51. The Kier molecular flexibility index (Phi) is 5.96. The van der Waals surface area contributed by atoms with Gasteiger partial charge in [0.2, 0.25) is 5.91 Å².